The molecule has 0 aliphatic carbocycles. The predicted molar refractivity (Wildman–Crippen MR) is 104 cm³/mol. The molecular formula is C20H18ClF2N3O4. The molecule has 0 saturated carbocycles. The van der Waals surface area contributed by atoms with Crippen LogP contribution in [-0.2, 0) is 0 Å². The summed E-state index contributed by atoms with van der Waals surface area (Å²) >= 11 is 5.83. The zero-order valence-electron chi connectivity index (χ0n) is 15.8. The molecular weight excluding hydrogens is 420 g/mol. The van der Waals surface area contributed by atoms with Gasteiger partial charge < -0.3 is 19.7 Å². The Balaban J connectivity index is 1.74. The van der Waals surface area contributed by atoms with Crippen LogP contribution in [-0.4, -0.2) is 33.9 Å². The van der Waals surface area contributed by atoms with E-state index in [1.807, 2.05) is 0 Å². The number of aliphatic hydroxyl groups is 1. The number of halogens is 3. The highest BCUT2D eigenvalue weighted by molar-refractivity contribution is 6.30. The van der Waals surface area contributed by atoms with E-state index in [4.69, 9.17) is 16.1 Å². The molecule has 0 fully saturated rings. The first kappa shape index (κ1) is 21.7. The summed E-state index contributed by atoms with van der Waals surface area (Å²) in [6.45, 7) is 0.423. The van der Waals surface area contributed by atoms with Gasteiger partial charge in [0.25, 0.3) is 5.91 Å². The van der Waals surface area contributed by atoms with Crippen LogP contribution in [0.1, 0.15) is 35.6 Å². The van der Waals surface area contributed by atoms with Crippen molar-refractivity contribution in [1.82, 2.24) is 15.5 Å². The quantitative estimate of drug-likeness (QED) is 0.547. The predicted octanol–water partition coefficient (Wildman–Crippen LogP) is 4.24. The number of aliphatic hydroxyl groups excluding tert-OH is 1. The summed E-state index contributed by atoms with van der Waals surface area (Å²) in [5.74, 6) is -0.111. The fourth-order valence-electron chi connectivity index (χ4n) is 2.60. The summed E-state index contributed by atoms with van der Waals surface area (Å²) < 4.78 is 35.6. The van der Waals surface area contributed by atoms with Gasteiger partial charge in [-0.1, -0.05) is 16.8 Å². The van der Waals surface area contributed by atoms with Gasteiger partial charge in [0, 0.05) is 29.7 Å². The van der Waals surface area contributed by atoms with Crippen molar-refractivity contribution in [1.29, 1.82) is 0 Å². The maximum Gasteiger partial charge on any atom is 0.394 e. The molecule has 0 aliphatic rings. The van der Waals surface area contributed by atoms with E-state index in [0.29, 0.717) is 23.1 Å². The number of carbonyl (C=O) groups excluding carboxylic acids is 1. The van der Waals surface area contributed by atoms with Crippen molar-refractivity contribution in [3.8, 4) is 17.1 Å². The Labute approximate surface area is 175 Å². The third-order valence-corrected chi connectivity index (χ3v) is 4.23. The van der Waals surface area contributed by atoms with Gasteiger partial charge in [-0.2, -0.15) is 13.8 Å². The largest absolute Gasteiger partial charge is 0.433 e. The van der Waals surface area contributed by atoms with Gasteiger partial charge in [0.2, 0.25) is 11.7 Å². The Morgan fingerprint density at radius 2 is 1.90 bits per heavy atom. The molecule has 2 aromatic carbocycles. The van der Waals surface area contributed by atoms with Gasteiger partial charge in [0.15, 0.2) is 0 Å². The average Bonchev–Trinajstić information content (AvgIpc) is 3.17. The molecule has 0 spiro atoms. The molecule has 10 heteroatoms. The minimum atomic E-state index is -3.29. The first-order valence-electron chi connectivity index (χ1n) is 8.93. The van der Waals surface area contributed by atoms with Crippen molar-refractivity contribution in [3.05, 3.63) is 65.0 Å². The summed E-state index contributed by atoms with van der Waals surface area (Å²) in [5.41, 5.74) is 0.883. The minimum absolute atomic E-state index is 0.0108. The minimum Gasteiger partial charge on any atom is -0.433 e. The van der Waals surface area contributed by atoms with E-state index >= 15 is 0 Å². The highest BCUT2D eigenvalue weighted by Crippen LogP contribution is 2.26. The summed E-state index contributed by atoms with van der Waals surface area (Å²) in [5, 5.41) is 16.4. The van der Waals surface area contributed by atoms with E-state index in [2.05, 4.69) is 20.2 Å². The first-order chi connectivity index (χ1) is 14.2. The van der Waals surface area contributed by atoms with Crippen LogP contribution in [0.2, 0.25) is 5.02 Å². The second-order valence-electron chi connectivity index (χ2n) is 6.44. The second-order valence-corrected chi connectivity index (χ2v) is 6.87. The molecule has 1 aromatic heterocycles. The molecule has 30 heavy (non-hydrogen) atoms. The van der Waals surface area contributed by atoms with Crippen LogP contribution in [0.25, 0.3) is 11.4 Å². The molecule has 7 nitrogen and oxygen atoms in total. The number of benzene rings is 2. The van der Waals surface area contributed by atoms with Crippen LogP contribution in [0, 0.1) is 0 Å². The average molecular weight is 438 g/mol. The molecule has 0 radical (unpaired) electrons. The van der Waals surface area contributed by atoms with Crippen molar-refractivity contribution < 1.29 is 27.9 Å². The number of alkyl halides is 2. The number of amides is 1. The highest BCUT2D eigenvalue weighted by Gasteiger charge is 2.24. The summed E-state index contributed by atoms with van der Waals surface area (Å²) in [6, 6.07) is 11.3. The lowest BCUT2D eigenvalue weighted by Crippen LogP contribution is -2.29. The number of nitrogens with one attached hydrogen (secondary N) is 1. The monoisotopic (exact) mass is 437 g/mol. The van der Waals surface area contributed by atoms with Gasteiger partial charge >= 0.3 is 6.11 Å². The Bertz CT molecular complexity index is 989. The molecule has 2 N–H and O–H groups in total. The van der Waals surface area contributed by atoms with E-state index in [0.717, 1.165) is 0 Å². The summed E-state index contributed by atoms with van der Waals surface area (Å²) in [4.78, 5) is 16.7. The highest BCUT2D eigenvalue weighted by atomic mass is 35.5. The Hall–Kier alpha value is -3.04. The molecule has 0 aliphatic heterocycles. The maximum absolute atomic E-state index is 12.9. The van der Waals surface area contributed by atoms with Crippen LogP contribution < -0.4 is 10.1 Å². The molecule has 0 bridgehead atoms. The fraction of sp³-hybridized carbons (Fsp3) is 0.250. The SMILES string of the molecule is CC(F)(F)Oc1ccc(-c2noc([C@H](CCO)NC(=O)c3ccc(Cl)cc3)n2)cc1. The normalized spacial score (nSPS) is 12.4. The van der Waals surface area contributed by atoms with Crippen molar-refractivity contribution in [3.63, 3.8) is 0 Å². The van der Waals surface area contributed by atoms with Gasteiger partial charge in [0.05, 0.1) is 0 Å². The molecule has 0 unspecified atom stereocenters. The zero-order valence-corrected chi connectivity index (χ0v) is 16.6. The van der Waals surface area contributed by atoms with Gasteiger partial charge in [-0.25, -0.2) is 0 Å². The van der Waals surface area contributed by atoms with Crippen LogP contribution in [0.15, 0.2) is 53.1 Å². The van der Waals surface area contributed by atoms with Crippen LogP contribution >= 0.6 is 11.6 Å². The molecule has 1 atom stereocenters. The van der Waals surface area contributed by atoms with Crippen molar-refractivity contribution in [2.45, 2.75) is 25.5 Å². The summed E-state index contributed by atoms with van der Waals surface area (Å²) in [7, 11) is 0. The van der Waals surface area contributed by atoms with E-state index in [1.54, 1.807) is 24.3 Å². The Morgan fingerprint density at radius 1 is 1.23 bits per heavy atom. The van der Waals surface area contributed by atoms with E-state index in [1.165, 1.54) is 24.3 Å². The third-order valence-electron chi connectivity index (χ3n) is 3.98. The number of nitrogens with zero attached hydrogens (tertiary/aromatic N) is 2. The Kier molecular flexibility index (Phi) is 6.63. The first-order valence-corrected chi connectivity index (χ1v) is 9.31. The number of ether oxygens (including phenoxy) is 1. The lowest BCUT2D eigenvalue weighted by atomic mass is 10.1. The van der Waals surface area contributed by atoms with Crippen LogP contribution in [0.5, 0.6) is 5.75 Å². The van der Waals surface area contributed by atoms with E-state index in [9.17, 15) is 18.7 Å². The number of hydrogen-bond donors (Lipinski definition) is 2. The lowest BCUT2D eigenvalue weighted by Gasteiger charge is -2.13. The molecule has 3 aromatic rings. The molecule has 158 valence electrons. The van der Waals surface area contributed by atoms with Gasteiger partial charge in [-0.15, -0.1) is 0 Å². The smallest absolute Gasteiger partial charge is 0.394 e. The van der Waals surface area contributed by atoms with E-state index in [-0.39, 0.29) is 30.5 Å². The molecule has 1 heterocycles. The van der Waals surface area contributed by atoms with Crippen LogP contribution in [0.3, 0.4) is 0 Å². The van der Waals surface area contributed by atoms with Crippen molar-refractivity contribution in [2.75, 3.05) is 6.61 Å². The van der Waals surface area contributed by atoms with Gasteiger partial charge in [-0.3, -0.25) is 4.79 Å². The fourth-order valence-corrected chi connectivity index (χ4v) is 2.73. The lowest BCUT2D eigenvalue weighted by molar-refractivity contribution is -0.158. The topological polar surface area (TPSA) is 97.5 Å². The van der Waals surface area contributed by atoms with Crippen molar-refractivity contribution in [2.24, 2.45) is 0 Å². The van der Waals surface area contributed by atoms with Gasteiger partial charge in [-0.05, 0) is 55.0 Å². The Morgan fingerprint density at radius 3 is 2.50 bits per heavy atom. The number of carbonyl (C=O) groups is 1. The van der Waals surface area contributed by atoms with Gasteiger partial charge in [0.1, 0.15) is 11.8 Å². The van der Waals surface area contributed by atoms with Crippen molar-refractivity contribution >= 4 is 17.5 Å². The van der Waals surface area contributed by atoms with E-state index < -0.39 is 18.1 Å². The standard InChI is InChI=1S/C20H18ClF2N3O4/c1-20(22,23)29-15-8-4-12(5-9-15)17-25-19(30-26-17)16(10-11-27)24-18(28)13-2-6-14(21)7-3-13/h2-9,16,27H,10-11H2,1H3,(H,24,28)/t16-/m0/s1. The molecule has 0 saturated heterocycles. The van der Waals surface area contributed by atoms with Crippen LogP contribution in [0.4, 0.5) is 8.78 Å². The zero-order chi connectivity index (χ0) is 21.7. The second kappa shape index (κ2) is 9.19. The maximum atomic E-state index is 12.9. The summed E-state index contributed by atoms with van der Waals surface area (Å²) in [6.07, 6.45) is -3.14. The molecule has 1 amide bonds. The number of aromatic nitrogens is 2. The number of hydrogen-bond acceptors (Lipinski definition) is 6. The number of rotatable bonds is 8. The molecule has 3 rings (SSSR count). The third kappa shape index (κ3) is 5.74.